The summed E-state index contributed by atoms with van der Waals surface area (Å²) in [6, 6.07) is 7.34. The van der Waals surface area contributed by atoms with Gasteiger partial charge in [0.15, 0.2) is 0 Å². The van der Waals surface area contributed by atoms with E-state index in [1.165, 1.54) is 0 Å². The molecule has 0 bridgehead atoms. The van der Waals surface area contributed by atoms with E-state index in [1.807, 2.05) is 31.2 Å². The molecule has 94 valence electrons. The smallest absolute Gasteiger partial charge is 0.237 e. The molecule has 3 nitrogen and oxygen atoms in total. The van der Waals surface area contributed by atoms with E-state index in [1.54, 1.807) is 0 Å². The zero-order valence-electron chi connectivity index (χ0n) is 10.3. The van der Waals surface area contributed by atoms with Gasteiger partial charge in [0.05, 0.1) is 6.04 Å². The maximum Gasteiger partial charge on any atom is 0.237 e. The van der Waals surface area contributed by atoms with Gasteiger partial charge < -0.3 is 10.6 Å². The second-order valence-corrected chi connectivity index (χ2v) is 4.39. The molecule has 1 aromatic rings. The fourth-order valence-electron chi connectivity index (χ4n) is 1.43. The quantitative estimate of drug-likeness (QED) is 0.818. The van der Waals surface area contributed by atoms with Crippen LogP contribution in [0.15, 0.2) is 24.3 Å². The van der Waals surface area contributed by atoms with Crippen LogP contribution in [0.25, 0.3) is 0 Å². The molecule has 2 N–H and O–H groups in total. The average Bonchev–Trinajstić information content (AvgIpc) is 2.34. The number of carbonyl (C=O) groups is 1. The molecule has 17 heavy (non-hydrogen) atoms. The van der Waals surface area contributed by atoms with Crippen LogP contribution in [0, 0.1) is 0 Å². The van der Waals surface area contributed by atoms with Crippen molar-refractivity contribution >= 4 is 17.5 Å². The van der Waals surface area contributed by atoms with Gasteiger partial charge >= 0.3 is 0 Å². The van der Waals surface area contributed by atoms with Gasteiger partial charge in [-0.25, -0.2) is 0 Å². The third kappa shape index (κ3) is 4.75. The lowest BCUT2D eigenvalue weighted by molar-refractivity contribution is -0.122. The van der Waals surface area contributed by atoms with Crippen LogP contribution in [0.5, 0.6) is 0 Å². The monoisotopic (exact) mass is 254 g/mol. The summed E-state index contributed by atoms with van der Waals surface area (Å²) in [7, 11) is 0. The minimum absolute atomic E-state index is 0.00151. The Bertz CT molecular complexity index is 368. The van der Waals surface area contributed by atoms with Crippen LogP contribution in [0.4, 0.5) is 0 Å². The SMILES string of the molecule is CCCNC(C)C(=O)NCc1ccccc1Cl. The van der Waals surface area contributed by atoms with Crippen molar-refractivity contribution in [2.24, 2.45) is 0 Å². The fourth-order valence-corrected chi connectivity index (χ4v) is 1.63. The summed E-state index contributed by atoms with van der Waals surface area (Å²) in [6.45, 7) is 5.25. The van der Waals surface area contributed by atoms with Gasteiger partial charge in [-0.1, -0.05) is 36.7 Å². The number of rotatable bonds is 6. The molecule has 0 spiro atoms. The molecule has 1 aromatic carbocycles. The summed E-state index contributed by atoms with van der Waals surface area (Å²) in [5, 5.41) is 6.68. The van der Waals surface area contributed by atoms with E-state index >= 15 is 0 Å². The zero-order chi connectivity index (χ0) is 12.7. The van der Waals surface area contributed by atoms with Crippen molar-refractivity contribution in [2.45, 2.75) is 32.9 Å². The molecule has 0 saturated carbocycles. The van der Waals surface area contributed by atoms with Gasteiger partial charge in [-0.05, 0) is 31.5 Å². The Morgan fingerprint density at radius 3 is 2.76 bits per heavy atom. The normalized spacial score (nSPS) is 12.2. The molecular formula is C13H19ClN2O. The molecule has 0 fully saturated rings. The van der Waals surface area contributed by atoms with E-state index in [4.69, 9.17) is 11.6 Å². The van der Waals surface area contributed by atoms with Crippen LogP contribution in [-0.2, 0) is 11.3 Å². The number of benzene rings is 1. The Morgan fingerprint density at radius 1 is 1.41 bits per heavy atom. The molecule has 0 heterocycles. The van der Waals surface area contributed by atoms with E-state index < -0.39 is 0 Å². The first-order chi connectivity index (χ1) is 8.15. The van der Waals surface area contributed by atoms with E-state index in [-0.39, 0.29) is 11.9 Å². The van der Waals surface area contributed by atoms with Gasteiger partial charge in [0.2, 0.25) is 5.91 Å². The molecule has 1 unspecified atom stereocenters. The van der Waals surface area contributed by atoms with Gasteiger partial charge in [-0.15, -0.1) is 0 Å². The van der Waals surface area contributed by atoms with Crippen molar-refractivity contribution in [3.63, 3.8) is 0 Å². The van der Waals surface area contributed by atoms with Gasteiger partial charge in [0.25, 0.3) is 0 Å². The van der Waals surface area contributed by atoms with Crippen molar-refractivity contribution in [1.29, 1.82) is 0 Å². The predicted octanol–water partition coefficient (Wildman–Crippen LogP) is 2.34. The van der Waals surface area contributed by atoms with Gasteiger partial charge in [0.1, 0.15) is 0 Å². The molecule has 1 amide bonds. The number of nitrogens with one attached hydrogen (secondary N) is 2. The molecule has 4 heteroatoms. The maximum atomic E-state index is 11.7. The van der Waals surface area contributed by atoms with Crippen molar-refractivity contribution in [1.82, 2.24) is 10.6 Å². The highest BCUT2D eigenvalue weighted by Gasteiger charge is 2.11. The Balaban J connectivity index is 2.40. The second-order valence-electron chi connectivity index (χ2n) is 3.99. The number of hydrogen-bond donors (Lipinski definition) is 2. The summed E-state index contributed by atoms with van der Waals surface area (Å²) < 4.78 is 0. The van der Waals surface area contributed by atoms with Gasteiger partial charge in [-0.2, -0.15) is 0 Å². The van der Waals surface area contributed by atoms with Gasteiger partial charge in [0, 0.05) is 11.6 Å². The molecule has 1 rings (SSSR count). The topological polar surface area (TPSA) is 41.1 Å². The number of amides is 1. The first kappa shape index (κ1) is 14.0. The van der Waals surface area contributed by atoms with Gasteiger partial charge in [-0.3, -0.25) is 4.79 Å². The van der Waals surface area contributed by atoms with Crippen LogP contribution in [-0.4, -0.2) is 18.5 Å². The number of hydrogen-bond acceptors (Lipinski definition) is 2. The highest BCUT2D eigenvalue weighted by atomic mass is 35.5. The Morgan fingerprint density at radius 2 is 2.12 bits per heavy atom. The van der Waals surface area contributed by atoms with Crippen LogP contribution < -0.4 is 10.6 Å². The minimum Gasteiger partial charge on any atom is -0.351 e. The predicted molar refractivity (Wildman–Crippen MR) is 71.1 cm³/mol. The number of halogens is 1. The average molecular weight is 255 g/mol. The molecular weight excluding hydrogens is 236 g/mol. The number of carbonyl (C=O) groups excluding carboxylic acids is 1. The van der Waals surface area contributed by atoms with Crippen molar-refractivity contribution < 1.29 is 4.79 Å². The lowest BCUT2D eigenvalue weighted by Gasteiger charge is -2.13. The van der Waals surface area contributed by atoms with E-state index in [0.717, 1.165) is 18.5 Å². The van der Waals surface area contributed by atoms with E-state index in [0.29, 0.717) is 11.6 Å². The van der Waals surface area contributed by atoms with Crippen molar-refractivity contribution in [2.75, 3.05) is 6.54 Å². The highest BCUT2D eigenvalue weighted by molar-refractivity contribution is 6.31. The first-order valence-electron chi connectivity index (χ1n) is 5.89. The molecule has 0 aliphatic rings. The molecule has 0 aliphatic carbocycles. The Labute approximate surface area is 108 Å². The van der Waals surface area contributed by atoms with Crippen LogP contribution in [0.1, 0.15) is 25.8 Å². The highest BCUT2D eigenvalue weighted by Crippen LogP contribution is 2.14. The van der Waals surface area contributed by atoms with Crippen LogP contribution in [0.2, 0.25) is 5.02 Å². The standard InChI is InChI=1S/C13H19ClN2O/c1-3-8-15-10(2)13(17)16-9-11-6-4-5-7-12(11)14/h4-7,10,15H,3,8-9H2,1-2H3,(H,16,17). The lowest BCUT2D eigenvalue weighted by atomic mass is 10.2. The summed E-state index contributed by atoms with van der Waals surface area (Å²) in [6.07, 6.45) is 1.02. The molecule has 0 saturated heterocycles. The molecule has 0 aromatic heterocycles. The van der Waals surface area contributed by atoms with E-state index in [9.17, 15) is 4.79 Å². The summed E-state index contributed by atoms with van der Waals surface area (Å²) >= 11 is 6.00. The summed E-state index contributed by atoms with van der Waals surface area (Å²) in [5.74, 6) is -0.00151. The van der Waals surface area contributed by atoms with Crippen molar-refractivity contribution in [3.8, 4) is 0 Å². The molecule has 0 aliphatic heterocycles. The largest absolute Gasteiger partial charge is 0.351 e. The minimum atomic E-state index is -0.169. The third-order valence-corrected chi connectivity index (χ3v) is 2.87. The van der Waals surface area contributed by atoms with E-state index in [2.05, 4.69) is 17.6 Å². The van der Waals surface area contributed by atoms with Crippen LogP contribution >= 0.6 is 11.6 Å². The third-order valence-electron chi connectivity index (χ3n) is 2.50. The maximum absolute atomic E-state index is 11.7. The molecule has 0 radical (unpaired) electrons. The summed E-state index contributed by atoms with van der Waals surface area (Å²) in [4.78, 5) is 11.7. The van der Waals surface area contributed by atoms with Crippen LogP contribution in [0.3, 0.4) is 0 Å². The summed E-state index contributed by atoms with van der Waals surface area (Å²) in [5.41, 5.74) is 0.935. The van der Waals surface area contributed by atoms with Crippen molar-refractivity contribution in [3.05, 3.63) is 34.9 Å². The lowest BCUT2D eigenvalue weighted by Crippen LogP contribution is -2.42. The first-order valence-corrected chi connectivity index (χ1v) is 6.27. The fraction of sp³-hybridized carbons (Fsp3) is 0.462. The second kappa shape index (κ2) is 7.30. The Hall–Kier alpha value is -1.06. The zero-order valence-corrected chi connectivity index (χ0v) is 11.1. The Kier molecular flexibility index (Phi) is 6.01. The molecule has 1 atom stereocenters.